The summed E-state index contributed by atoms with van der Waals surface area (Å²) in [5.41, 5.74) is 0.796. The molecule has 1 aliphatic rings. The van der Waals surface area contributed by atoms with Crippen LogP contribution in [0.4, 0.5) is 0 Å². The standard InChI is InChI=1S/C19H22N2O6/c22-12(9-21-8-6-13(18(23)24)15(10-21)19(25)26)11-27-17-5-1-4-16-14(17)3-2-7-20-16/h1-5,7,12-13,15,22H,6,8-11H2,(H,23,24)(H,25,26)/t12-,13+,15-/m1/s1. The average Bonchev–Trinajstić information content (AvgIpc) is 2.66. The van der Waals surface area contributed by atoms with Crippen molar-refractivity contribution >= 4 is 22.8 Å². The second-order valence-electron chi connectivity index (χ2n) is 6.73. The van der Waals surface area contributed by atoms with Gasteiger partial charge in [0.25, 0.3) is 0 Å². The minimum absolute atomic E-state index is 0.0462. The number of carboxylic acids is 2. The summed E-state index contributed by atoms with van der Waals surface area (Å²) in [7, 11) is 0. The van der Waals surface area contributed by atoms with Gasteiger partial charge < -0.3 is 20.1 Å². The lowest BCUT2D eigenvalue weighted by Crippen LogP contribution is -2.49. The van der Waals surface area contributed by atoms with Crippen LogP contribution in [0.3, 0.4) is 0 Å². The van der Waals surface area contributed by atoms with E-state index < -0.39 is 29.9 Å². The van der Waals surface area contributed by atoms with Gasteiger partial charge >= 0.3 is 11.9 Å². The molecule has 8 heteroatoms. The Labute approximate surface area is 156 Å². The van der Waals surface area contributed by atoms with Crippen molar-refractivity contribution in [3.8, 4) is 5.75 Å². The molecule has 0 amide bonds. The Kier molecular flexibility index (Phi) is 5.88. The van der Waals surface area contributed by atoms with E-state index in [0.29, 0.717) is 12.3 Å². The lowest BCUT2D eigenvalue weighted by Gasteiger charge is -2.35. The molecule has 3 atom stereocenters. The molecular weight excluding hydrogens is 352 g/mol. The van der Waals surface area contributed by atoms with E-state index >= 15 is 0 Å². The Morgan fingerprint density at radius 2 is 1.96 bits per heavy atom. The summed E-state index contributed by atoms with van der Waals surface area (Å²) in [5, 5.41) is 29.6. The molecule has 8 nitrogen and oxygen atoms in total. The number of piperidine rings is 1. The number of aliphatic hydroxyl groups excluding tert-OH is 1. The first-order chi connectivity index (χ1) is 13.0. The Bertz CT molecular complexity index is 821. The first kappa shape index (κ1) is 19.1. The van der Waals surface area contributed by atoms with Crippen LogP contribution in [0.25, 0.3) is 10.9 Å². The zero-order chi connectivity index (χ0) is 19.4. The van der Waals surface area contributed by atoms with Crippen LogP contribution in [0.5, 0.6) is 5.75 Å². The molecule has 0 bridgehead atoms. The lowest BCUT2D eigenvalue weighted by atomic mass is 9.85. The van der Waals surface area contributed by atoms with E-state index in [1.165, 1.54) is 0 Å². The summed E-state index contributed by atoms with van der Waals surface area (Å²) in [6.45, 7) is 0.793. The predicted molar refractivity (Wildman–Crippen MR) is 96.6 cm³/mol. The highest BCUT2D eigenvalue weighted by molar-refractivity contribution is 5.84. The molecule has 0 aliphatic carbocycles. The van der Waals surface area contributed by atoms with Gasteiger partial charge in [0, 0.05) is 24.7 Å². The Hall–Kier alpha value is -2.71. The highest BCUT2D eigenvalue weighted by Gasteiger charge is 2.39. The van der Waals surface area contributed by atoms with Crippen molar-refractivity contribution in [2.75, 3.05) is 26.2 Å². The van der Waals surface area contributed by atoms with Gasteiger partial charge in [-0.05, 0) is 37.2 Å². The molecule has 0 saturated carbocycles. The van der Waals surface area contributed by atoms with Crippen molar-refractivity contribution in [2.45, 2.75) is 12.5 Å². The molecule has 144 valence electrons. The van der Waals surface area contributed by atoms with Gasteiger partial charge in [-0.1, -0.05) is 6.07 Å². The number of β-amino-alcohol motifs (C(OH)–C–C–N with tert-alkyl or cyclic N) is 1. The molecule has 1 aromatic heterocycles. The Morgan fingerprint density at radius 3 is 2.70 bits per heavy atom. The molecule has 3 N–H and O–H groups in total. The van der Waals surface area contributed by atoms with Crippen molar-refractivity contribution in [3.05, 3.63) is 36.5 Å². The molecule has 1 saturated heterocycles. The van der Waals surface area contributed by atoms with Gasteiger partial charge in [0.1, 0.15) is 18.5 Å². The van der Waals surface area contributed by atoms with Crippen LogP contribution in [-0.2, 0) is 9.59 Å². The Balaban J connectivity index is 1.57. The van der Waals surface area contributed by atoms with Crippen LogP contribution in [-0.4, -0.2) is 69.5 Å². The summed E-state index contributed by atoms with van der Waals surface area (Å²) < 4.78 is 5.73. The van der Waals surface area contributed by atoms with Crippen LogP contribution in [0.15, 0.2) is 36.5 Å². The number of benzene rings is 1. The normalized spacial score (nSPS) is 21.7. The van der Waals surface area contributed by atoms with E-state index in [0.717, 1.165) is 10.9 Å². The second-order valence-corrected chi connectivity index (χ2v) is 6.73. The fraction of sp³-hybridized carbons (Fsp3) is 0.421. The maximum atomic E-state index is 11.4. The fourth-order valence-corrected chi connectivity index (χ4v) is 3.47. The molecule has 2 heterocycles. The molecule has 27 heavy (non-hydrogen) atoms. The average molecular weight is 374 g/mol. The first-order valence-electron chi connectivity index (χ1n) is 8.78. The van der Waals surface area contributed by atoms with Gasteiger partial charge in [0.05, 0.1) is 17.4 Å². The number of fused-ring (bicyclic) bond motifs is 1. The molecule has 1 aromatic carbocycles. The van der Waals surface area contributed by atoms with E-state index in [1.807, 2.05) is 24.3 Å². The molecule has 0 spiro atoms. The fourth-order valence-electron chi connectivity index (χ4n) is 3.47. The predicted octanol–water partition coefficient (Wildman–Crippen LogP) is 1.08. The highest BCUT2D eigenvalue weighted by atomic mass is 16.5. The number of ether oxygens (including phenoxy) is 1. The third kappa shape index (κ3) is 4.53. The topological polar surface area (TPSA) is 120 Å². The summed E-state index contributed by atoms with van der Waals surface area (Å²) >= 11 is 0. The third-order valence-corrected chi connectivity index (χ3v) is 4.84. The Morgan fingerprint density at radius 1 is 1.19 bits per heavy atom. The molecule has 3 rings (SSSR count). The number of hydrogen-bond acceptors (Lipinski definition) is 6. The van der Waals surface area contributed by atoms with Crippen molar-refractivity contribution < 1.29 is 29.6 Å². The van der Waals surface area contributed by atoms with E-state index in [4.69, 9.17) is 9.84 Å². The third-order valence-electron chi connectivity index (χ3n) is 4.84. The minimum atomic E-state index is -1.12. The van der Waals surface area contributed by atoms with Gasteiger partial charge in [-0.3, -0.25) is 19.5 Å². The van der Waals surface area contributed by atoms with Crippen LogP contribution >= 0.6 is 0 Å². The maximum absolute atomic E-state index is 11.4. The van der Waals surface area contributed by atoms with Crippen molar-refractivity contribution in [1.82, 2.24) is 9.88 Å². The minimum Gasteiger partial charge on any atom is -0.490 e. The van der Waals surface area contributed by atoms with Gasteiger partial charge in [0.2, 0.25) is 0 Å². The van der Waals surface area contributed by atoms with Crippen molar-refractivity contribution in [1.29, 1.82) is 0 Å². The molecule has 1 aliphatic heterocycles. The number of hydrogen-bond donors (Lipinski definition) is 3. The molecular formula is C19H22N2O6. The maximum Gasteiger partial charge on any atom is 0.308 e. The number of rotatable bonds is 7. The number of carboxylic acid groups (broad SMARTS) is 2. The smallest absolute Gasteiger partial charge is 0.308 e. The number of aliphatic carboxylic acids is 2. The monoisotopic (exact) mass is 374 g/mol. The van der Waals surface area contributed by atoms with E-state index in [1.54, 1.807) is 17.2 Å². The number of nitrogens with zero attached hydrogens (tertiary/aromatic N) is 2. The van der Waals surface area contributed by atoms with Gasteiger partial charge in [0.15, 0.2) is 0 Å². The van der Waals surface area contributed by atoms with Crippen LogP contribution in [0.1, 0.15) is 6.42 Å². The van der Waals surface area contributed by atoms with E-state index in [-0.39, 0.29) is 26.1 Å². The second kappa shape index (κ2) is 8.32. The quantitative estimate of drug-likeness (QED) is 0.659. The van der Waals surface area contributed by atoms with Crippen LogP contribution < -0.4 is 4.74 Å². The number of pyridine rings is 1. The lowest BCUT2D eigenvalue weighted by molar-refractivity contribution is -0.157. The molecule has 0 radical (unpaired) electrons. The molecule has 0 unspecified atom stereocenters. The zero-order valence-electron chi connectivity index (χ0n) is 14.7. The molecule has 1 fully saturated rings. The van der Waals surface area contributed by atoms with Crippen LogP contribution in [0.2, 0.25) is 0 Å². The first-order valence-corrected chi connectivity index (χ1v) is 8.78. The van der Waals surface area contributed by atoms with Crippen molar-refractivity contribution in [2.24, 2.45) is 11.8 Å². The van der Waals surface area contributed by atoms with Gasteiger partial charge in [-0.15, -0.1) is 0 Å². The summed E-state index contributed by atoms with van der Waals surface area (Å²) in [5.74, 6) is -3.46. The zero-order valence-corrected chi connectivity index (χ0v) is 14.7. The van der Waals surface area contributed by atoms with E-state index in [9.17, 15) is 19.8 Å². The summed E-state index contributed by atoms with van der Waals surface area (Å²) in [6.07, 6.45) is 1.11. The SMILES string of the molecule is O=C(O)[C@H]1CCN(C[C@@H](O)COc2cccc3ncccc23)C[C@H]1C(=O)O. The van der Waals surface area contributed by atoms with Crippen molar-refractivity contribution in [3.63, 3.8) is 0 Å². The largest absolute Gasteiger partial charge is 0.490 e. The van der Waals surface area contributed by atoms with Crippen LogP contribution in [0, 0.1) is 11.8 Å². The number of likely N-dealkylation sites (tertiary alicyclic amines) is 1. The van der Waals surface area contributed by atoms with Gasteiger partial charge in [-0.25, -0.2) is 0 Å². The van der Waals surface area contributed by atoms with E-state index in [2.05, 4.69) is 4.98 Å². The number of aliphatic hydroxyl groups is 1. The summed E-state index contributed by atoms with van der Waals surface area (Å²) in [4.78, 5) is 28.6. The van der Waals surface area contributed by atoms with Gasteiger partial charge in [-0.2, -0.15) is 0 Å². The number of aromatic nitrogens is 1. The highest BCUT2D eigenvalue weighted by Crippen LogP contribution is 2.26. The summed E-state index contributed by atoms with van der Waals surface area (Å²) in [6, 6.07) is 9.19. The molecule has 2 aromatic rings. The number of carbonyl (C=O) groups is 2.